The van der Waals surface area contributed by atoms with Gasteiger partial charge in [-0.3, -0.25) is 19.8 Å². The predicted molar refractivity (Wildman–Crippen MR) is 168 cm³/mol. The summed E-state index contributed by atoms with van der Waals surface area (Å²) in [7, 11) is 0. The van der Waals surface area contributed by atoms with Crippen LogP contribution in [0.2, 0.25) is 0 Å². The third-order valence-electron chi connectivity index (χ3n) is 7.26. The number of hydrogen-bond donors (Lipinski definition) is 2. The van der Waals surface area contributed by atoms with Gasteiger partial charge in [-0.1, -0.05) is 127 Å². The van der Waals surface area contributed by atoms with Crippen molar-refractivity contribution >= 4 is 11.6 Å². The minimum absolute atomic E-state index is 0.0301. The Morgan fingerprint density at radius 3 is 1.20 bits per heavy atom. The summed E-state index contributed by atoms with van der Waals surface area (Å²) in [6.07, 6.45) is 0. The Bertz CT molecular complexity index is 1930. The molecule has 8 nitrogen and oxygen atoms in total. The van der Waals surface area contributed by atoms with Crippen LogP contribution in [0.5, 0.6) is 0 Å². The molecular weight excluding hydrogens is 548 g/mol. The first-order valence-electron chi connectivity index (χ1n) is 14.0. The van der Waals surface area contributed by atoms with E-state index in [2.05, 4.69) is 30.4 Å². The Morgan fingerprint density at radius 2 is 0.795 bits per heavy atom. The van der Waals surface area contributed by atoms with Crippen LogP contribution in [-0.2, 0) is 0 Å². The molecule has 0 bridgehead atoms. The van der Waals surface area contributed by atoms with Crippen LogP contribution in [0.1, 0.15) is 31.8 Å². The van der Waals surface area contributed by atoms with Crippen LogP contribution < -0.4 is 0 Å². The summed E-state index contributed by atoms with van der Waals surface area (Å²) in [4.78, 5) is 34.9. The van der Waals surface area contributed by atoms with E-state index >= 15 is 0 Å². The van der Waals surface area contributed by atoms with Gasteiger partial charge in [-0.2, -0.15) is 10.2 Å². The number of nitrogens with one attached hydrogen (secondary N) is 2. The monoisotopic (exact) mass is 572 g/mol. The molecule has 0 aliphatic carbocycles. The number of aromatic amines is 2. The van der Waals surface area contributed by atoms with E-state index in [1.54, 1.807) is 48.5 Å². The summed E-state index contributed by atoms with van der Waals surface area (Å²) in [5, 5.41) is 14.8. The van der Waals surface area contributed by atoms with Crippen molar-refractivity contribution in [1.82, 2.24) is 30.4 Å². The van der Waals surface area contributed by atoms with Crippen molar-refractivity contribution in [3.05, 3.63) is 156 Å². The van der Waals surface area contributed by atoms with Crippen molar-refractivity contribution in [3.63, 3.8) is 0 Å². The second kappa shape index (κ2) is 11.5. The van der Waals surface area contributed by atoms with Crippen molar-refractivity contribution in [2.45, 2.75) is 0 Å². The minimum atomic E-state index is -0.0301. The molecule has 210 valence electrons. The van der Waals surface area contributed by atoms with Gasteiger partial charge in [-0.05, 0) is 6.07 Å². The van der Waals surface area contributed by atoms with Crippen LogP contribution in [0, 0.1) is 0 Å². The molecule has 5 aromatic carbocycles. The molecule has 2 heterocycles. The number of nitrogens with zero attached hydrogens (tertiary/aromatic N) is 4. The minimum Gasteiger partial charge on any atom is -0.289 e. The Balaban J connectivity index is 1.07. The van der Waals surface area contributed by atoms with Gasteiger partial charge in [-0.25, -0.2) is 9.97 Å². The molecule has 0 aliphatic rings. The number of hydrogen-bond acceptors (Lipinski definition) is 6. The molecule has 8 heteroatoms. The molecule has 0 spiro atoms. The number of carbonyl (C=O) groups excluding carboxylic acids is 2. The predicted octanol–water partition coefficient (Wildman–Crippen LogP) is 7.05. The zero-order valence-electron chi connectivity index (χ0n) is 23.3. The van der Waals surface area contributed by atoms with Crippen LogP contribution in [0.25, 0.3) is 45.6 Å². The molecule has 0 atom stereocenters. The second-order valence-electron chi connectivity index (χ2n) is 10.1. The molecule has 2 N–H and O–H groups in total. The molecule has 2 aromatic heterocycles. The van der Waals surface area contributed by atoms with Gasteiger partial charge in [-0.15, -0.1) is 0 Å². The van der Waals surface area contributed by atoms with Gasteiger partial charge in [0, 0.05) is 44.5 Å². The maximum Gasteiger partial charge on any atom is 0.193 e. The smallest absolute Gasteiger partial charge is 0.193 e. The summed E-state index contributed by atoms with van der Waals surface area (Å²) in [5.74, 6) is 2.19. The van der Waals surface area contributed by atoms with Gasteiger partial charge in [0.25, 0.3) is 0 Å². The summed E-state index contributed by atoms with van der Waals surface area (Å²) in [6, 6.07) is 40.7. The Labute approximate surface area is 252 Å². The van der Waals surface area contributed by atoms with Crippen molar-refractivity contribution in [2.75, 3.05) is 0 Å². The molecule has 44 heavy (non-hydrogen) atoms. The number of benzene rings is 5. The maximum atomic E-state index is 12.7. The van der Waals surface area contributed by atoms with Crippen LogP contribution >= 0.6 is 0 Å². The number of H-pyrrole nitrogens is 2. The zero-order valence-corrected chi connectivity index (χ0v) is 23.3. The highest BCUT2D eigenvalue weighted by molar-refractivity contribution is 6.09. The molecule has 7 aromatic rings. The lowest BCUT2D eigenvalue weighted by molar-refractivity contribution is 0.103. The molecular formula is C36H24N6O2. The van der Waals surface area contributed by atoms with Crippen molar-refractivity contribution in [2.24, 2.45) is 0 Å². The Kier molecular flexibility index (Phi) is 6.98. The van der Waals surface area contributed by atoms with Crippen LogP contribution in [0.15, 0.2) is 133 Å². The first-order chi connectivity index (χ1) is 21.6. The quantitative estimate of drug-likeness (QED) is 0.188. The van der Waals surface area contributed by atoms with Gasteiger partial charge >= 0.3 is 0 Å². The Morgan fingerprint density at radius 1 is 0.409 bits per heavy atom. The molecule has 0 unspecified atom stereocenters. The van der Waals surface area contributed by atoms with E-state index in [-0.39, 0.29) is 11.6 Å². The van der Waals surface area contributed by atoms with Gasteiger partial charge in [0.2, 0.25) is 0 Å². The average molecular weight is 573 g/mol. The van der Waals surface area contributed by atoms with E-state index in [9.17, 15) is 9.59 Å². The highest BCUT2D eigenvalue weighted by Crippen LogP contribution is 2.26. The molecule has 0 saturated heterocycles. The number of aromatic nitrogens is 6. The summed E-state index contributed by atoms with van der Waals surface area (Å²) in [6.45, 7) is 0. The lowest BCUT2D eigenvalue weighted by Crippen LogP contribution is -2.00. The number of rotatable bonds is 8. The van der Waals surface area contributed by atoms with E-state index in [1.807, 2.05) is 84.9 Å². The Hall–Kier alpha value is -6.28. The summed E-state index contributed by atoms with van der Waals surface area (Å²) >= 11 is 0. The maximum absolute atomic E-state index is 12.7. The zero-order chi connectivity index (χ0) is 29.9. The average Bonchev–Trinajstić information content (AvgIpc) is 3.80. The van der Waals surface area contributed by atoms with Crippen LogP contribution in [0.4, 0.5) is 0 Å². The van der Waals surface area contributed by atoms with Gasteiger partial charge in [0.15, 0.2) is 34.9 Å². The third-order valence-corrected chi connectivity index (χ3v) is 7.26. The van der Waals surface area contributed by atoms with E-state index in [0.29, 0.717) is 45.6 Å². The fourth-order valence-corrected chi connectivity index (χ4v) is 4.91. The molecule has 0 aliphatic heterocycles. The number of ketones is 2. The van der Waals surface area contributed by atoms with Gasteiger partial charge < -0.3 is 0 Å². The van der Waals surface area contributed by atoms with Gasteiger partial charge in [0.05, 0.1) is 0 Å². The molecule has 0 radical (unpaired) electrons. The topological polar surface area (TPSA) is 117 Å². The first kappa shape index (κ1) is 26.6. The molecule has 0 amide bonds. The van der Waals surface area contributed by atoms with Crippen molar-refractivity contribution in [1.29, 1.82) is 0 Å². The van der Waals surface area contributed by atoms with Crippen LogP contribution in [0.3, 0.4) is 0 Å². The van der Waals surface area contributed by atoms with Crippen LogP contribution in [-0.4, -0.2) is 41.9 Å². The highest BCUT2D eigenvalue weighted by Gasteiger charge is 2.14. The van der Waals surface area contributed by atoms with Gasteiger partial charge in [0.1, 0.15) is 0 Å². The van der Waals surface area contributed by atoms with Crippen molar-refractivity contribution < 1.29 is 9.59 Å². The standard InChI is InChI=1S/C36H24N6O2/c43-31(23-8-3-1-4-9-23)25-14-18-27(19-15-25)33-37-35(41-39-33)29-12-7-13-30(22-29)36-38-34(40-42-36)28-20-16-26(17-21-28)32(44)24-10-5-2-6-11-24/h1-22H,(H,37,39,41)(H,38,40,42). The largest absolute Gasteiger partial charge is 0.289 e. The fraction of sp³-hybridized carbons (Fsp3) is 0. The van der Waals surface area contributed by atoms with E-state index < -0.39 is 0 Å². The normalized spacial score (nSPS) is 10.9. The molecule has 7 rings (SSSR count). The van der Waals surface area contributed by atoms with E-state index in [1.165, 1.54) is 0 Å². The summed E-state index contributed by atoms with van der Waals surface area (Å²) in [5.41, 5.74) is 5.75. The lowest BCUT2D eigenvalue weighted by Gasteiger charge is -2.02. The second-order valence-corrected chi connectivity index (χ2v) is 10.1. The summed E-state index contributed by atoms with van der Waals surface area (Å²) < 4.78 is 0. The third kappa shape index (κ3) is 5.35. The molecule has 0 saturated carbocycles. The highest BCUT2D eigenvalue weighted by atomic mass is 16.1. The molecule has 0 fully saturated rings. The first-order valence-corrected chi connectivity index (χ1v) is 14.0. The SMILES string of the molecule is O=C(c1ccccc1)c1ccc(-c2nc(-c3cccc(-c4n[nH]c(-c5ccc(C(=O)c6ccccc6)cc5)n4)c3)n[nH]2)cc1. The van der Waals surface area contributed by atoms with E-state index in [0.717, 1.165) is 22.3 Å². The fourth-order valence-electron chi connectivity index (χ4n) is 4.91. The van der Waals surface area contributed by atoms with Crippen molar-refractivity contribution in [3.8, 4) is 45.6 Å². The number of carbonyl (C=O) groups is 2. The lowest BCUT2D eigenvalue weighted by atomic mass is 10.0. The van der Waals surface area contributed by atoms with E-state index in [4.69, 9.17) is 0 Å².